The molecular formula is C22H22N4O. The lowest BCUT2D eigenvalue weighted by atomic mass is 10.2. The van der Waals surface area contributed by atoms with Gasteiger partial charge in [-0.3, -0.25) is 9.78 Å². The van der Waals surface area contributed by atoms with Gasteiger partial charge in [0.25, 0.3) is 5.91 Å². The van der Waals surface area contributed by atoms with E-state index in [4.69, 9.17) is 0 Å². The summed E-state index contributed by atoms with van der Waals surface area (Å²) in [4.78, 5) is 25.0. The summed E-state index contributed by atoms with van der Waals surface area (Å²) in [5.41, 5.74) is 5.25. The van der Waals surface area contributed by atoms with Gasteiger partial charge in [0, 0.05) is 38.2 Å². The molecule has 0 fully saturated rings. The van der Waals surface area contributed by atoms with Gasteiger partial charge in [-0.2, -0.15) is 0 Å². The summed E-state index contributed by atoms with van der Waals surface area (Å²) in [5, 5.41) is 0. The first-order chi connectivity index (χ1) is 13.2. The Bertz CT molecular complexity index is 925. The van der Waals surface area contributed by atoms with Gasteiger partial charge in [-0.1, -0.05) is 18.2 Å². The molecule has 5 heteroatoms. The second kappa shape index (κ2) is 7.58. The third kappa shape index (κ3) is 3.67. The molecule has 3 heterocycles. The summed E-state index contributed by atoms with van der Waals surface area (Å²) >= 11 is 0. The van der Waals surface area contributed by atoms with E-state index in [0.717, 1.165) is 25.1 Å². The maximum atomic E-state index is 12.6. The Morgan fingerprint density at radius 1 is 1.11 bits per heavy atom. The number of likely N-dealkylation sites (N-methyl/N-ethyl adjacent to an activating group) is 1. The Hall–Kier alpha value is -3.21. The van der Waals surface area contributed by atoms with Crippen molar-refractivity contribution < 1.29 is 4.79 Å². The number of hydrogen-bond acceptors (Lipinski definition) is 4. The predicted octanol–water partition coefficient (Wildman–Crippen LogP) is 3.49. The van der Waals surface area contributed by atoms with E-state index in [2.05, 4.69) is 39.1 Å². The van der Waals surface area contributed by atoms with E-state index >= 15 is 0 Å². The minimum Gasteiger partial charge on any atom is -0.340 e. The van der Waals surface area contributed by atoms with Crippen LogP contribution < -0.4 is 4.90 Å². The molecule has 27 heavy (non-hydrogen) atoms. The van der Waals surface area contributed by atoms with Crippen LogP contribution in [0.4, 0.5) is 11.4 Å². The maximum absolute atomic E-state index is 12.6. The Kier molecular flexibility index (Phi) is 4.83. The van der Waals surface area contributed by atoms with Gasteiger partial charge in [-0.05, 0) is 54.3 Å². The topological polar surface area (TPSA) is 49.3 Å². The van der Waals surface area contributed by atoms with Crippen molar-refractivity contribution in [3.8, 4) is 0 Å². The average Bonchev–Trinajstić information content (AvgIpc) is 3.16. The molecule has 5 nitrogen and oxygen atoms in total. The van der Waals surface area contributed by atoms with Crippen LogP contribution in [0.3, 0.4) is 0 Å². The zero-order valence-electron chi connectivity index (χ0n) is 15.4. The summed E-state index contributed by atoms with van der Waals surface area (Å²) in [6.07, 6.45) is 7.18. The zero-order valence-corrected chi connectivity index (χ0v) is 15.4. The van der Waals surface area contributed by atoms with E-state index in [-0.39, 0.29) is 5.91 Å². The molecule has 0 spiro atoms. The van der Waals surface area contributed by atoms with Crippen molar-refractivity contribution in [3.05, 3.63) is 83.9 Å². The van der Waals surface area contributed by atoms with Gasteiger partial charge < -0.3 is 9.80 Å². The Morgan fingerprint density at radius 3 is 2.70 bits per heavy atom. The van der Waals surface area contributed by atoms with Gasteiger partial charge in [0.05, 0.1) is 11.9 Å². The van der Waals surface area contributed by atoms with Crippen molar-refractivity contribution >= 4 is 17.3 Å². The smallest absolute Gasteiger partial charge is 0.272 e. The number of amides is 1. The lowest BCUT2D eigenvalue weighted by Gasteiger charge is -2.20. The number of pyridine rings is 2. The first-order valence-corrected chi connectivity index (χ1v) is 9.18. The second-order valence-corrected chi connectivity index (χ2v) is 6.76. The lowest BCUT2D eigenvalue weighted by molar-refractivity contribution is 0.0791. The van der Waals surface area contributed by atoms with Crippen molar-refractivity contribution in [1.29, 1.82) is 0 Å². The summed E-state index contributed by atoms with van der Waals surface area (Å²) < 4.78 is 0. The number of nitrogens with zero attached hydrogens (tertiary/aromatic N) is 4. The van der Waals surface area contributed by atoms with Crippen LogP contribution in [0.2, 0.25) is 0 Å². The molecule has 0 atom stereocenters. The number of anilines is 2. The van der Waals surface area contributed by atoms with E-state index in [9.17, 15) is 4.79 Å². The molecule has 136 valence electrons. The minimum absolute atomic E-state index is 0.0579. The molecule has 1 aromatic carbocycles. The van der Waals surface area contributed by atoms with Crippen molar-refractivity contribution in [2.75, 3.05) is 25.0 Å². The van der Waals surface area contributed by atoms with E-state index < -0.39 is 0 Å². The monoisotopic (exact) mass is 358 g/mol. The number of carbonyl (C=O) groups excluding carboxylic acids is 1. The quantitative estimate of drug-likeness (QED) is 0.701. The summed E-state index contributed by atoms with van der Waals surface area (Å²) in [7, 11) is 1.82. The maximum Gasteiger partial charge on any atom is 0.272 e. The van der Waals surface area contributed by atoms with E-state index in [1.807, 2.05) is 31.3 Å². The number of aromatic nitrogens is 2. The predicted molar refractivity (Wildman–Crippen MR) is 106 cm³/mol. The number of fused-ring (bicyclic) bond motifs is 1. The van der Waals surface area contributed by atoms with Crippen LogP contribution >= 0.6 is 0 Å². The molecule has 2 aromatic heterocycles. The van der Waals surface area contributed by atoms with Crippen molar-refractivity contribution in [1.82, 2.24) is 14.9 Å². The van der Waals surface area contributed by atoms with Crippen molar-refractivity contribution in [2.45, 2.75) is 12.8 Å². The standard InChI is InChI=1S/C22H22N4O/c1-25(14-10-17-8-12-23-13-9-17)22(27)20-7-6-19(16-24-20)26-15-11-18-4-2-3-5-21(18)26/h2-9,12-13,16H,10-11,14-15H2,1H3. The van der Waals surface area contributed by atoms with Gasteiger partial charge in [0.1, 0.15) is 5.69 Å². The largest absolute Gasteiger partial charge is 0.340 e. The molecule has 0 saturated heterocycles. The SMILES string of the molecule is CN(CCc1ccncc1)C(=O)c1ccc(N2CCc3ccccc32)cn1. The third-order valence-electron chi connectivity index (χ3n) is 5.00. The molecule has 0 radical (unpaired) electrons. The fourth-order valence-corrected chi connectivity index (χ4v) is 3.42. The molecule has 3 aromatic rings. The molecule has 0 aliphatic carbocycles. The van der Waals surface area contributed by atoms with Gasteiger partial charge in [0.2, 0.25) is 0 Å². The van der Waals surface area contributed by atoms with Crippen LogP contribution in [0.1, 0.15) is 21.6 Å². The van der Waals surface area contributed by atoms with Crippen LogP contribution in [0, 0.1) is 0 Å². The van der Waals surface area contributed by atoms with Crippen molar-refractivity contribution in [2.24, 2.45) is 0 Å². The molecule has 0 bridgehead atoms. The second-order valence-electron chi connectivity index (χ2n) is 6.76. The number of benzene rings is 1. The minimum atomic E-state index is -0.0579. The summed E-state index contributed by atoms with van der Waals surface area (Å²) in [6, 6.07) is 16.2. The molecule has 0 saturated carbocycles. The Morgan fingerprint density at radius 2 is 1.93 bits per heavy atom. The van der Waals surface area contributed by atoms with Crippen LogP contribution in [-0.2, 0) is 12.8 Å². The average molecular weight is 358 g/mol. The van der Waals surface area contributed by atoms with E-state index in [1.54, 1.807) is 23.5 Å². The Balaban J connectivity index is 1.42. The molecule has 4 rings (SSSR count). The van der Waals surface area contributed by atoms with E-state index in [1.165, 1.54) is 16.8 Å². The first kappa shape index (κ1) is 17.2. The van der Waals surface area contributed by atoms with Crippen molar-refractivity contribution in [3.63, 3.8) is 0 Å². The van der Waals surface area contributed by atoms with E-state index in [0.29, 0.717) is 12.2 Å². The molecule has 1 aliphatic heterocycles. The highest BCUT2D eigenvalue weighted by Gasteiger charge is 2.20. The molecule has 0 unspecified atom stereocenters. The van der Waals surface area contributed by atoms with Gasteiger partial charge in [-0.25, -0.2) is 4.98 Å². The normalized spacial score (nSPS) is 12.7. The molecule has 1 aliphatic rings. The number of para-hydroxylation sites is 1. The first-order valence-electron chi connectivity index (χ1n) is 9.18. The number of rotatable bonds is 5. The fourth-order valence-electron chi connectivity index (χ4n) is 3.42. The summed E-state index contributed by atoms with van der Waals surface area (Å²) in [5.74, 6) is -0.0579. The zero-order chi connectivity index (χ0) is 18.6. The van der Waals surface area contributed by atoms with Gasteiger partial charge in [-0.15, -0.1) is 0 Å². The van der Waals surface area contributed by atoms with Crippen LogP contribution in [-0.4, -0.2) is 40.9 Å². The fraction of sp³-hybridized carbons (Fsp3) is 0.227. The number of hydrogen-bond donors (Lipinski definition) is 0. The van der Waals surface area contributed by atoms with Gasteiger partial charge in [0.15, 0.2) is 0 Å². The molecule has 0 N–H and O–H groups in total. The third-order valence-corrected chi connectivity index (χ3v) is 5.00. The lowest BCUT2D eigenvalue weighted by Crippen LogP contribution is -2.29. The van der Waals surface area contributed by atoms with Crippen LogP contribution in [0.5, 0.6) is 0 Å². The van der Waals surface area contributed by atoms with Crippen LogP contribution in [0.25, 0.3) is 0 Å². The molecular weight excluding hydrogens is 336 g/mol. The Labute approximate surface area is 159 Å². The van der Waals surface area contributed by atoms with Gasteiger partial charge >= 0.3 is 0 Å². The summed E-state index contributed by atoms with van der Waals surface area (Å²) in [6.45, 7) is 1.59. The van der Waals surface area contributed by atoms with Crippen LogP contribution in [0.15, 0.2) is 67.1 Å². The highest BCUT2D eigenvalue weighted by molar-refractivity contribution is 5.92. The highest BCUT2D eigenvalue weighted by Crippen LogP contribution is 2.33. The molecule has 1 amide bonds. The number of carbonyl (C=O) groups is 1. The highest BCUT2D eigenvalue weighted by atomic mass is 16.2.